The summed E-state index contributed by atoms with van der Waals surface area (Å²) in [5.41, 5.74) is 1.11. The number of esters is 1. The molecule has 0 radical (unpaired) electrons. The topological polar surface area (TPSA) is 63.2 Å². The lowest BCUT2D eigenvalue weighted by molar-refractivity contribution is 0.0527. The molecule has 18 heavy (non-hydrogen) atoms. The maximum atomic E-state index is 11.8. The van der Waals surface area contributed by atoms with Crippen LogP contribution in [0.3, 0.4) is 0 Å². The standard InChI is InChI=1S/C12H16ClN3O2/c1-2-18-12(17)9-7-15-11(13)5-10(9)16-8-3-4-14-6-8/h5,7-8,14H,2-4,6H2,1H3,(H,15,16). The van der Waals surface area contributed by atoms with Gasteiger partial charge < -0.3 is 15.4 Å². The van der Waals surface area contributed by atoms with Gasteiger partial charge in [-0.15, -0.1) is 0 Å². The van der Waals surface area contributed by atoms with Crippen molar-refractivity contribution in [2.24, 2.45) is 0 Å². The summed E-state index contributed by atoms with van der Waals surface area (Å²) in [6.45, 7) is 3.97. The van der Waals surface area contributed by atoms with Crippen molar-refractivity contribution < 1.29 is 9.53 Å². The van der Waals surface area contributed by atoms with Crippen molar-refractivity contribution in [1.29, 1.82) is 0 Å². The molecule has 0 aromatic carbocycles. The molecule has 1 aliphatic rings. The van der Waals surface area contributed by atoms with Crippen molar-refractivity contribution in [2.45, 2.75) is 19.4 Å². The molecule has 0 spiro atoms. The molecule has 1 fully saturated rings. The van der Waals surface area contributed by atoms with E-state index in [4.69, 9.17) is 16.3 Å². The van der Waals surface area contributed by atoms with Gasteiger partial charge in [0.1, 0.15) is 10.7 Å². The van der Waals surface area contributed by atoms with Crippen LogP contribution in [0.4, 0.5) is 5.69 Å². The van der Waals surface area contributed by atoms with Crippen LogP contribution in [0.5, 0.6) is 0 Å². The Hall–Kier alpha value is -1.33. The molecule has 1 aromatic heterocycles. The number of halogens is 1. The van der Waals surface area contributed by atoms with Gasteiger partial charge in [0.15, 0.2) is 0 Å². The second kappa shape index (κ2) is 6.02. The first-order valence-electron chi connectivity index (χ1n) is 6.00. The fraction of sp³-hybridized carbons (Fsp3) is 0.500. The van der Waals surface area contributed by atoms with Crippen LogP contribution >= 0.6 is 11.6 Å². The quantitative estimate of drug-likeness (QED) is 0.643. The second-order valence-corrected chi connectivity index (χ2v) is 4.49. The zero-order valence-corrected chi connectivity index (χ0v) is 11.0. The molecular weight excluding hydrogens is 254 g/mol. The van der Waals surface area contributed by atoms with E-state index >= 15 is 0 Å². The molecule has 1 saturated heterocycles. The lowest BCUT2D eigenvalue weighted by Gasteiger charge is -2.15. The minimum Gasteiger partial charge on any atom is -0.462 e. The van der Waals surface area contributed by atoms with E-state index in [2.05, 4.69) is 15.6 Å². The third-order valence-corrected chi connectivity index (χ3v) is 2.99. The van der Waals surface area contributed by atoms with Crippen LogP contribution in [0.2, 0.25) is 5.15 Å². The smallest absolute Gasteiger partial charge is 0.341 e. The van der Waals surface area contributed by atoms with E-state index < -0.39 is 0 Å². The highest BCUT2D eigenvalue weighted by Crippen LogP contribution is 2.21. The zero-order chi connectivity index (χ0) is 13.0. The van der Waals surface area contributed by atoms with Crippen LogP contribution in [0.15, 0.2) is 12.3 Å². The molecule has 6 heteroatoms. The van der Waals surface area contributed by atoms with Crippen molar-refractivity contribution in [3.63, 3.8) is 0 Å². The molecule has 0 aliphatic carbocycles. The van der Waals surface area contributed by atoms with Crippen LogP contribution in [-0.4, -0.2) is 36.7 Å². The molecule has 0 saturated carbocycles. The number of hydrogen-bond acceptors (Lipinski definition) is 5. The number of anilines is 1. The van der Waals surface area contributed by atoms with Gasteiger partial charge in [-0.3, -0.25) is 0 Å². The molecule has 1 aromatic rings. The van der Waals surface area contributed by atoms with Gasteiger partial charge in [0.05, 0.1) is 12.3 Å². The van der Waals surface area contributed by atoms with E-state index in [0.29, 0.717) is 29.1 Å². The van der Waals surface area contributed by atoms with Gasteiger partial charge in [-0.25, -0.2) is 9.78 Å². The number of rotatable bonds is 4. The molecule has 0 bridgehead atoms. The number of hydrogen-bond donors (Lipinski definition) is 2. The highest BCUT2D eigenvalue weighted by atomic mass is 35.5. The molecule has 2 heterocycles. The number of nitrogens with zero attached hydrogens (tertiary/aromatic N) is 1. The van der Waals surface area contributed by atoms with Crippen molar-refractivity contribution in [3.8, 4) is 0 Å². The van der Waals surface area contributed by atoms with Gasteiger partial charge in [0, 0.05) is 18.8 Å². The van der Waals surface area contributed by atoms with Crippen LogP contribution < -0.4 is 10.6 Å². The zero-order valence-electron chi connectivity index (χ0n) is 10.2. The lowest BCUT2D eigenvalue weighted by Crippen LogP contribution is -2.23. The Balaban J connectivity index is 2.19. The first kappa shape index (κ1) is 13.1. The maximum Gasteiger partial charge on any atom is 0.341 e. The Bertz CT molecular complexity index is 433. The minimum absolute atomic E-state index is 0.302. The Morgan fingerprint density at radius 3 is 3.22 bits per heavy atom. The molecule has 1 atom stereocenters. The van der Waals surface area contributed by atoms with Gasteiger partial charge in [0.2, 0.25) is 0 Å². The normalized spacial score (nSPS) is 18.7. The van der Waals surface area contributed by atoms with Gasteiger partial charge in [-0.1, -0.05) is 11.6 Å². The minimum atomic E-state index is -0.380. The van der Waals surface area contributed by atoms with Gasteiger partial charge in [-0.2, -0.15) is 0 Å². The van der Waals surface area contributed by atoms with Crippen LogP contribution in [0.25, 0.3) is 0 Å². The van der Waals surface area contributed by atoms with Crippen LogP contribution in [0, 0.1) is 0 Å². The Morgan fingerprint density at radius 2 is 2.56 bits per heavy atom. The average Bonchev–Trinajstić information content (AvgIpc) is 2.82. The van der Waals surface area contributed by atoms with E-state index in [0.717, 1.165) is 19.5 Å². The summed E-state index contributed by atoms with van der Waals surface area (Å²) < 4.78 is 5.00. The fourth-order valence-electron chi connectivity index (χ4n) is 1.92. The van der Waals surface area contributed by atoms with Crippen molar-refractivity contribution in [2.75, 3.05) is 25.0 Å². The molecule has 2 N–H and O–H groups in total. The average molecular weight is 270 g/mol. The number of carbonyl (C=O) groups is 1. The molecule has 98 valence electrons. The first-order valence-corrected chi connectivity index (χ1v) is 6.38. The molecule has 0 amide bonds. The van der Waals surface area contributed by atoms with E-state index in [1.54, 1.807) is 13.0 Å². The summed E-state index contributed by atoms with van der Waals surface area (Å²) >= 11 is 5.87. The number of nitrogens with one attached hydrogen (secondary N) is 2. The first-order chi connectivity index (χ1) is 8.70. The summed E-state index contributed by atoms with van der Waals surface area (Å²) in [7, 11) is 0. The van der Waals surface area contributed by atoms with E-state index in [9.17, 15) is 4.79 Å². The highest BCUT2D eigenvalue weighted by molar-refractivity contribution is 6.29. The predicted octanol–water partition coefficient (Wildman–Crippen LogP) is 1.69. The Kier molecular flexibility index (Phi) is 4.38. The van der Waals surface area contributed by atoms with Crippen molar-refractivity contribution in [1.82, 2.24) is 10.3 Å². The van der Waals surface area contributed by atoms with E-state index in [1.165, 1.54) is 6.20 Å². The molecular formula is C12H16ClN3O2. The SMILES string of the molecule is CCOC(=O)c1cnc(Cl)cc1NC1CCNC1. The van der Waals surface area contributed by atoms with Crippen LogP contribution in [0.1, 0.15) is 23.7 Å². The molecule has 1 aliphatic heterocycles. The van der Waals surface area contributed by atoms with E-state index in [1.807, 2.05) is 0 Å². The van der Waals surface area contributed by atoms with E-state index in [-0.39, 0.29) is 5.97 Å². The number of pyridine rings is 1. The Labute approximate surface area is 111 Å². The molecule has 2 rings (SSSR count). The fourth-order valence-corrected chi connectivity index (χ4v) is 2.08. The number of ether oxygens (including phenoxy) is 1. The monoisotopic (exact) mass is 269 g/mol. The maximum absolute atomic E-state index is 11.8. The molecule has 1 unspecified atom stereocenters. The lowest BCUT2D eigenvalue weighted by atomic mass is 10.2. The van der Waals surface area contributed by atoms with Crippen molar-refractivity contribution >= 4 is 23.3 Å². The number of aromatic nitrogens is 1. The second-order valence-electron chi connectivity index (χ2n) is 4.11. The Morgan fingerprint density at radius 1 is 1.72 bits per heavy atom. The summed E-state index contributed by atoms with van der Waals surface area (Å²) in [6.07, 6.45) is 2.47. The third kappa shape index (κ3) is 3.11. The predicted molar refractivity (Wildman–Crippen MR) is 70.1 cm³/mol. The van der Waals surface area contributed by atoms with Gasteiger partial charge >= 0.3 is 5.97 Å². The third-order valence-electron chi connectivity index (χ3n) is 2.79. The summed E-state index contributed by atoms with van der Waals surface area (Å²) in [6, 6.07) is 1.96. The largest absolute Gasteiger partial charge is 0.462 e. The summed E-state index contributed by atoms with van der Waals surface area (Å²) in [5, 5.41) is 6.91. The van der Waals surface area contributed by atoms with Crippen molar-refractivity contribution in [3.05, 3.63) is 23.0 Å². The summed E-state index contributed by atoms with van der Waals surface area (Å²) in [5.74, 6) is -0.380. The van der Waals surface area contributed by atoms with Gasteiger partial charge in [-0.05, 0) is 26.0 Å². The molecule has 5 nitrogen and oxygen atoms in total. The number of carbonyl (C=O) groups excluding carboxylic acids is 1. The highest BCUT2D eigenvalue weighted by Gasteiger charge is 2.19. The van der Waals surface area contributed by atoms with Gasteiger partial charge in [0.25, 0.3) is 0 Å². The van der Waals surface area contributed by atoms with Crippen LogP contribution in [-0.2, 0) is 4.74 Å². The summed E-state index contributed by atoms with van der Waals surface area (Å²) in [4.78, 5) is 15.7.